The number of aliphatic hydroxyl groups excluding tert-OH is 1. The molecule has 0 heterocycles. The summed E-state index contributed by atoms with van der Waals surface area (Å²) in [4.78, 5) is 0. The van der Waals surface area contributed by atoms with Crippen LogP contribution < -0.4 is 0 Å². The Balaban J connectivity index is 3.50. The van der Waals surface area contributed by atoms with Crippen LogP contribution in [0.4, 0.5) is 0 Å². The van der Waals surface area contributed by atoms with Crippen LogP contribution in [0.2, 0.25) is 0 Å². The monoisotopic (exact) mass is 521 g/mol. The fourth-order valence-electron chi connectivity index (χ4n) is 5.69. The van der Waals surface area contributed by atoms with Crippen LogP contribution in [0, 0.1) is 0 Å². The summed E-state index contributed by atoms with van der Waals surface area (Å²) in [6.07, 6.45) is 45.9. The van der Waals surface area contributed by atoms with Gasteiger partial charge in [0.2, 0.25) is 0 Å². The molecular formula is C36H72O. The number of rotatable bonds is 32. The molecular weight excluding hydrogens is 448 g/mol. The van der Waals surface area contributed by atoms with E-state index in [0.29, 0.717) is 6.61 Å². The topological polar surface area (TPSA) is 20.2 Å². The van der Waals surface area contributed by atoms with Crippen molar-refractivity contribution < 1.29 is 5.11 Å². The van der Waals surface area contributed by atoms with E-state index in [1.54, 1.807) is 5.57 Å². The molecule has 0 aliphatic carbocycles. The maximum Gasteiger partial charge on any atom is 0.0465 e. The molecule has 0 saturated heterocycles. The van der Waals surface area contributed by atoms with E-state index in [1.807, 2.05) is 0 Å². The zero-order valence-corrected chi connectivity index (χ0v) is 26.2. The third-order valence-corrected chi connectivity index (χ3v) is 8.27. The Hall–Kier alpha value is -0.300. The molecule has 222 valence electrons. The van der Waals surface area contributed by atoms with Crippen LogP contribution >= 0.6 is 0 Å². The molecule has 0 rings (SSSR count). The van der Waals surface area contributed by atoms with Gasteiger partial charge in [0.05, 0.1) is 0 Å². The molecule has 0 aromatic carbocycles. The van der Waals surface area contributed by atoms with E-state index in [0.717, 1.165) is 6.42 Å². The highest BCUT2D eigenvalue weighted by molar-refractivity contribution is 5.01. The zero-order chi connectivity index (χ0) is 26.9. The molecule has 0 bridgehead atoms. The van der Waals surface area contributed by atoms with E-state index in [1.165, 1.54) is 193 Å². The van der Waals surface area contributed by atoms with Gasteiger partial charge in [0.15, 0.2) is 0 Å². The lowest BCUT2D eigenvalue weighted by molar-refractivity contribution is 0.302. The Morgan fingerprint density at radius 1 is 0.378 bits per heavy atom. The van der Waals surface area contributed by atoms with Crippen molar-refractivity contribution in [1.29, 1.82) is 0 Å². The summed E-state index contributed by atoms with van der Waals surface area (Å²) in [6.45, 7) is 4.91. The van der Waals surface area contributed by atoms with Gasteiger partial charge in [0.1, 0.15) is 0 Å². The van der Waals surface area contributed by atoms with Gasteiger partial charge < -0.3 is 5.11 Å². The third-order valence-electron chi connectivity index (χ3n) is 8.27. The summed E-state index contributed by atoms with van der Waals surface area (Å²) in [5, 5.41) is 9.26. The highest BCUT2D eigenvalue weighted by Gasteiger charge is 2.01. The van der Waals surface area contributed by atoms with Gasteiger partial charge in [-0.3, -0.25) is 0 Å². The average molecular weight is 521 g/mol. The Labute approximate surface area is 236 Å². The van der Waals surface area contributed by atoms with E-state index < -0.39 is 0 Å². The highest BCUT2D eigenvalue weighted by atomic mass is 16.2. The fraction of sp³-hybridized carbons (Fsp3) is 0.944. The minimum atomic E-state index is 0.307. The largest absolute Gasteiger partial charge is 0.396 e. The SMILES string of the molecule is CCCCCCCCCCCCCCCCC(=CCCO)CCCCCCCCCCCCCCCC. The summed E-state index contributed by atoms with van der Waals surface area (Å²) < 4.78 is 0. The van der Waals surface area contributed by atoms with Gasteiger partial charge >= 0.3 is 0 Å². The first-order valence-electron chi connectivity index (χ1n) is 17.6. The Morgan fingerprint density at radius 2 is 0.622 bits per heavy atom. The quantitative estimate of drug-likeness (QED) is 0.0690. The number of hydrogen-bond acceptors (Lipinski definition) is 1. The van der Waals surface area contributed by atoms with Gasteiger partial charge in [0.25, 0.3) is 0 Å². The van der Waals surface area contributed by atoms with Crippen LogP contribution in [-0.4, -0.2) is 11.7 Å². The number of unbranched alkanes of at least 4 members (excludes halogenated alkanes) is 26. The summed E-state index contributed by atoms with van der Waals surface area (Å²) in [5.74, 6) is 0. The fourth-order valence-corrected chi connectivity index (χ4v) is 5.69. The van der Waals surface area contributed by atoms with Gasteiger partial charge in [-0.1, -0.05) is 192 Å². The molecule has 0 radical (unpaired) electrons. The van der Waals surface area contributed by atoms with Crippen molar-refractivity contribution in [2.75, 3.05) is 6.61 Å². The minimum absolute atomic E-state index is 0.307. The minimum Gasteiger partial charge on any atom is -0.396 e. The summed E-state index contributed by atoms with van der Waals surface area (Å²) in [5.41, 5.74) is 1.63. The van der Waals surface area contributed by atoms with Gasteiger partial charge in [0, 0.05) is 6.61 Å². The van der Waals surface area contributed by atoms with Crippen LogP contribution in [0.5, 0.6) is 0 Å². The first-order chi connectivity index (χ1) is 18.3. The van der Waals surface area contributed by atoms with Crippen LogP contribution in [0.25, 0.3) is 0 Å². The van der Waals surface area contributed by atoms with Crippen LogP contribution in [0.1, 0.15) is 213 Å². The van der Waals surface area contributed by atoms with Gasteiger partial charge in [-0.2, -0.15) is 0 Å². The van der Waals surface area contributed by atoms with Crippen molar-refractivity contribution >= 4 is 0 Å². The predicted molar refractivity (Wildman–Crippen MR) is 170 cm³/mol. The van der Waals surface area contributed by atoms with Crippen molar-refractivity contribution in [3.63, 3.8) is 0 Å². The molecule has 0 aromatic heterocycles. The van der Waals surface area contributed by atoms with E-state index in [2.05, 4.69) is 19.9 Å². The second-order valence-corrected chi connectivity index (χ2v) is 12.1. The van der Waals surface area contributed by atoms with Crippen molar-refractivity contribution in [3.8, 4) is 0 Å². The number of aliphatic hydroxyl groups is 1. The highest BCUT2D eigenvalue weighted by Crippen LogP contribution is 2.20. The Kier molecular flexibility index (Phi) is 33.5. The number of hydrogen-bond donors (Lipinski definition) is 1. The molecule has 0 unspecified atom stereocenters. The van der Waals surface area contributed by atoms with E-state index in [4.69, 9.17) is 0 Å². The summed E-state index contributed by atoms with van der Waals surface area (Å²) >= 11 is 0. The van der Waals surface area contributed by atoms with E-state index in [-0.39, 0.29) is 0 Å². The Bertz CT molecular complexity index is 392. The molecule has 0 saturated carbocycles. The third kappa shape index (κ3) is 31.8. The molecule has 0 aliphatic rings. The molecule has 1 heteroatoms. The van der Waals surface area contributed by atoms with Crippen molar-refractivity contribution in [2.24, 2.45) is 0 Å². The van der Waals surface area contributed by atoms with Gasteiger partial charge in [-0.15, -0.1) is 0 Å². The molecule has 0 aliphatic heterocycles. The first kappa shape index (κ1) is 36.7. The second-order valence-electron chi connectivity index (χ2n) is 12.1. The lowest BCUT2D eigenvalue weighted by Gasteiger charge is -2.09. The molecule has 1 N–H and O–H groups in total. The summed E-state index contributed by atoms with van der Waals surface area (Å²) in [7, 11) is 0. The van der Waals surface area contributed by atoms with Crippen LogP contribution in [-0.2, 0) is 0 Å². The smallest absolute Gasteiger partial charge is 0.0465 e. The molecule has 0 aromatic rings. The normalized spacial score (nSPS) is 11.3. The standard InChI is InChI=1S/C36H72O/c1-3-5-7-9-11-13-15-17-19-21-23-25-27-29-32-36(34-31-35-37)33-30-28-26-24-22-20-18-16-14-12-10-8-6-4-2/h34,37H,3-33,35H2,1-2H3. The second kappa shape index (κ2) is 33.7. The first-order valence-corrected chi connectivity index (χ1v) is 17.6. The maximum atomic E-state index is 9.26. The van der Waals surface area contributed by atoms with Crippen molar-refractivity contribution in [3.05, 3.63) is 11.6 Å². The van der Waals surface area contributed by atoms with Crippen molar-refractivity contribution in [1.82, 2.24) is 0 Å². The van der Waals surface area contributed by atoms with E-state index >= 15 is 0 Å². The van der Waals surface area contributed by atoms with E-state index in [9.17, 15) is 5.11 Å². The Morgan fingerprint density at radius 3 is 0.865 bits per heavy atom. The maximum absolute atomic E-state index is 9.26. The van der Waals surface area contributed by atoms with Gasteiger partial charge in [-0.25, -0.2) is 0 Å². The van der Waals surface area contributed by atoms with Crippen LogP contribution in [0.15, 0.2) is 11.6 Å². The molecule has 0 spiro atoms. The lowest BCUT2D eigenvalue weighted by Crippen LogP contribution is -1.90. The molecule has 0 amide bonds. The lowest BCUT2D eigenvalue weighted by atomic mass is 9.98. The molecule has 0 fully saturated rings. The van der Waals surface area contributed by atoms with Crippen LogP contribution in [0.3, 0.4) is 0 Å². The molecule has 0 atom stereocenters. The number of allylic oxidation sites excluding steroid dienone is 1. The predicted octanol–water partition coefficient (Wildman–Crippen LogP) is 13.0. The van der Waals surface area contributed by atoms with Gasteiger partial charge in [-0.05, 0) is 32.1 Å². The zero-order valence-electron chi connectivity index (χ0n) is 26.2. The van der Waals surface area contributed by atoms with Crippen molar-refractivity contribution in [2.45, 2.75) is 213 Å². The molecule has 37 heavy (non-hydrogen) atoms. The molecule has 1 nitrogen and oxygen atoms in total. The summed E-state index contributed by atoms with van der Waals surface area (Å²) in [6, 6.07) is 0. The average Bonchev–Trinajstić information content (AvgIpc) is 2.91.